The zero-order chi connectivity index (χ0) is 25.9. The molecule has 35 heavy (non-hydrogen) atoms. The van der Waals surface area contributed by atoms with E-state index in [2.05, 4.69) is 16.0 Å². The largest absolute Gasteiger partial charge is 0.340 e. The van der Waals surface area contributed by atoms with Crippen molar-refractivity contribution in [2.45, 2.75) is 38.9 Å². The normalized spacial score (nSPS) is 22.4. The molecule has 0 bridgehead atoms. The highest BCUT2D eigenvalue weighted by Crippen LogP contribution is 2.21. The lowest BCUT2D eigenvalue weighted by Crippen LogP contribution is -2.51. The molecule has 0 fully saturated rings. The molecule has 1 heterocycles. The van der Waals surface area contributed by atoms with Gasteiger partial charge in [-0.15, -0.1) is 0 Å². The SMILES string of the molecule is C[C@@H]1NC(=O)c2ccccc2NC(=O)[C@H](C)N(C)C(=O)c2ccccc2NC(=O)[C@H](C)N(C)C1=O. The number of carbonyl (C=O) groups is 5. The number of anilines is 2. The molecule has 0 saturated carbocycles. The van der Waals surface area contributed by atoms with Gasteiger partial charge < -0.3 is 25.8 Å². The zero-order valence-electron chi connectivity index (χ0n) is 20.3. The summed E-state index contributed by atoms with van der Waals surface area (Å²) in [5.41, 5.74) is 0.847. The van der Waals surface area contributed by atoms with Gasteiger partial charge in [-0.25, -0.2) is 0 Å². The Kier molecular flexibility index (Phi) is 7.53. The minimum absolute atomic E-state index is 0.157. The van der Waals surface area contributed by atoms with Crippen molar-refractivity contribution < 1.29 is 24.0 Å². The maximum atomic E-state index is 13.3. The predicted molar refractivity (Wildman–Crippen MR) is 131 cm³/mol. The highest BCUT2D eigenvalue weighted by atomic mass is 16.2. The molecule has 3 atom stereocenters. The standard InChI is InChI=1S/C25H29N5O5/c1-14-24(34)29(4)15(2)21(31)28-20-13-9-7-11-18(20)25(35)30(5)16(3)22(32)27-19-12-8-6-10-17(19)23(33)26-14/h6-16H,1-5H3,(H,26,33)(H,27,32)(H,28,31)/t14-,15-,16-/m0/s1. The summed E-state index contributed by atoms with van der Waals surface area (Å²) in [5.74, 6) is -2.55. The zero-order valence-corrected chi connectivity index (χ0v) is 20.3. The van der Waals surface area contributed by atoms with Gasteiger partial charge in [-0.05, 0) is 45.0 Å². The number of amides is 5. The summed E-state index contributed by atoms with van der Waals surface area (Å²) in [6.45, 7) is 4.62. The molecule has 0 aromatic heterocycles. The van der Waals surface area contributed by atoms with Crippen LogP contribution in [0.15, 0.2) is 48.5 Å². The number of hydrogen-bond acceptors (Lipinski definition) is 5. The fraction of sp³-hybridized carbons (Fsp3) is 0.320. The van der Waals surface area contributed by atoms with Crippen LogP contribution in [-0.4, -0.2) is 71.6 Å². The molecule has 3 N–H and O–H groups in total. The molecule has 0 aliphatic carbocycles. The van der Waals surface area contributed by atoms with E-state index in [-0.39, 0.29) is 22.5 Å². The second-order valence-corrected chi connectivity index (χ2v) is 8.48. The summed E-state index contributed by atoms with van der Waals surface area (Å²) in [6.07, 6.45) is 0. The van der Waals surface area contributed by atoms with E-state index in [0.717, 1.165) is 0 Å². The van der Waals surface area contributed by atoms with Crippen LogP contribution in [0.25, 0.3) is 0 Å². The Bertz CT molecular complexity index is 1180. The van der Waals surface area contributed by atoms with Crippen LogP contribution in [0.1, 0.15) is 41.5 Å². The van der Waals surface area contributed by atoms with Crippen molar-refractivity contribution in [2.24, 2.45) is 0 Å². The molecule has 1 aliphatic rings. The van der Waals surface area contributed by atoms with E-state index in [0.29, 0.717) is 0 Å². The van der Waals surface area contributed by atoms with Crippen LogP contribution in [0.2, 0.25) is 0 Å². The van der Waals surface area contributed by atoms with Crippen molar-refractivity contribution in [1.29, 1.82) is 0 Å². The van der Waals surface area contributed by atoms with E-state index in [1.807, 2.05) is 0 Å². The topological polar surface area (TPSA) is 128 Å². The first-order chi connectivity index (χ1) is 16.5. The number of fused-ring (bicyclic) bond motifs is 2. The monoisotopic (exact) mass is 479 g/mol. The van der Waals surface area contributed by atoms with Crippen LogP contribution in [0.5, 0.6) is 0 Å². The van der Waals surface area contributed by atoms with E-state index in [1.165, 1.54) is 36.9 Å². The lowest BCUT2D eigenvalue weighted by molar-refractivity contribution is -0.137. The first-order valence-corrected chi connectivity index (χ1v) is 11.2. The Hall–Kier alpha value is -4.21. The number of benzene rings is 2. The number of rotatable bonds is 0. The van der Waals surface area contributed by atoms with Gasteiger partial charge in [0.1, 0.15) is 18.1 Å². The van der Waals surface area contributed by atoms with Crippen LogP contribution in [-0.2, 0) is 14.4 Å². The Morgan fingerprint density at radius 2 is 1.11 bits per heavy atom. The van der Waals surface area contributed by atoms with Crippen LogP contribution in [0.3, 0.4) is 0 Å². The number of carbonyl (C=O) groups excluding carboxylic acids is 5. The molecule has 10 nitrogen and oxygen atoms in total. The second kappa shape index (κ2) is 10.4. The van der Waals surface area contributed by atoms with Gasteiger partial charge in [0.05, 0.1) is 22.5 Å². The minimum Gasteiger partial charge on any atom is -0.340 e. The highest BCUT2D eigenvalue weighted by molar-refractivity contribution is 6.09. The maximum absolute atomic E-state index is 13.3. The Labute approximate surface area is 203 Å². The lowest BCUT2D eigenvalue weighted by Gasteiger charge is -2.28. The van der Waals surface area contributed by atoms with Crippen molar-refractivity contribution in [3.8, 4) is 0 Å². The number of nitrogens with one attached hydrogen (secondary N) is 3. The molecule has 5 amide bonds. The molecular weight excluding hydrogens is 450 g/mol. The minimum atomic E-state index is -0.943. The fourth-order valence-electron chi connectivity index (χ4n) is 3.59. The highest BCUT2D eigenvalue weighted by Gasteiger charge is 2.30. The summed E-state index contributed by atoms with van der Waals surface area (Å²) in [7, 11) is 2.94. The molecule has 10 heteroatoms. The van der Waals surface area contributed by atoms with Crippen LogP contribution >= 0.6 is 0 Å². The average molecular weight is 480 g/mol. The fourth-order valence-corrected chi connectivity index (χ4v) is 3.59. The third kappa shape index (κ3) is 5.32. The van der Waals surface area contributed by atoms with Gasteiger partial charge in [-0.1, -0.05) is 24.3 Å². The smallest absolute Gasteiger partial charge is 0.256 e. The van der Waals surface area contributed by atoms with E-state index in [1.54, 1.807) is 56.3 Å². The Balaban J connectivity index is 2.06. The molecule has 2 aromatic rings. The van der Waals surface area contributed by atoms with Crippen molar-refractivity contribution in [3.63, 3.8) is 0 Å². The lowest BCUT2D eigenvalue weighted by atomic mass is 10.1. The Morgan fingerprint density at radius 3 is 1.69 bits per heavy atom. The molecule has 0 saturated heterocycles. The van der Waals surface area contributed by atoms with Gasteiger partial charge >= 0.3 is 0 Å². The predicted octanol–water partition coefficient (Wildman–Crippen LogP) is 1.70. The molecule has 184 valence electrons. The molecule has 3 rings (SSSR count). The molecular formula is C25H29N5O5. The van der Waals surface area contributed by atoms with Crippen molar-refractivity contribution in [1.82, 2.24) is 15.1 Å². The second-order valence-electron chi connectivity index (χ2n) is 8.48. The molecule has 0 unspecified atom stereocenters. The quantitative estimate of drug-likeness (QED) is 0.530. The first-order valence-electron chi connectivity index (χ1n) is 11.2. The van der Waals surface area contributed by atoms with Crippen molar-refractivity contribution in [3.05, 3.63) is 59.7 Å². The Morgan fingerprint density at radius 1 is 0.657 bits per heavy atom. The number of hydrogen-bond donors (Lipinski definition) is 3. The third-order valence-corrected chi connectivity index (χ3v) is 6.15. The average Bonchev–Trinajstić information content (AvgIpc) is 2.85. The number of para-hydroxylation sites is 2. The van der Waals surface area contributed by atoms with Crippen molar-refractivity contribution >= 4 is 40.9 Å². The van der Waals surface area contributed by atoms with Crippen LogP contribution in [0, 0.1) is 0 Å². The number of likely N-dealkylation sites (N-methyl/N-ethyl adjacent to an activating group) is 2. The van der Waals surface area contributed by atoms with Gasteiger partial charge in [0, 0.05) is 14.1 Å². The maximum Gasteiger partial charge on any atom is 0.256 e. The summed E-state index contributed by atoms with van der Waals surface area (Å²) < 4.78 is 0. The van der Waals surface area contributed by atoms with E-state index < -0.39 is 47.7 Å². The molecule has 0 radical (unpaired) electrons. The molecule has 0 spiro atoms. The first kappa shape index (κ1) is 25.4. The van der Waals surface area contributed by atoms with Gasteiger partial charge in [-0.3, -0.25) is 24.0 Å². The van der Waals surface area contributed by atoms with E-state index >= 15 is 0 Å². The van der Waals surface area contributed by atoms with E-state index in [9.17, 15) is 24.0 Å². The number of nitrogens with zero attached hydrogens (tertiary/aromatic N) is 2. The van der Waals surface area contributed by atoms with Gasteiger partial charge in [0.2, 0.25) is 17.7 Å². The van der Waals surface area contributed by atoms with E-state index in [4.69, 9.17) is 0 Å². The summed E-state index contributed by atoms with van der Waals surface area (Å²) in [5, 5.41) is 8.03. The summed E-state index contributed by atoms with van der Waals surface area (Å²) >= 11 is 0. The third-order valence-electron chi connectivity index (χ3n) is 6.15. The van der Waals surface area contributed by atoms with Gasteiger partial charge in [0.25, 0.3) is 11.8 Å². The molecule has 2 aromatic carbocycles. The van der Waals surface area contributed by atoms with Gasteiger partial charge in [-0.2, -0.15) is 0 Å². The summed E-state index contributed by atoms with van der Waals surface area (Å²) in [6, 6.07) is 10.1. The van der Waals surface area contributed by atoms with Crippen molar-refractivity contribution in [2.75, 3.05) is 24.7 Å². The van der Waals surface area contributed by atoms with Gasteiger partial charge in [0.15, 0.2) is 0 Å². The summed E-state index contributed by atoms with van der Waals surface area (Å²) in [4.78, 5) is 67.5. The molecule has 1 aliphatic heterocycles. The van der Waals surface area contributed by atoms with Crippen LogP contribution in [0.4, 0.5) is 11.4 Å². The van der Waals surface area contributed by atoms with Crippen LogP contribution < -0.4 is 16.0 Å².